The Balaban J connectivity index is 1.92. The van der Waals surface area contributed by atoms with E-state index in [0.29, 0.717) is 17.7 Å². The fourth-order valence-corrected chi connectivity index (χ4v) is 4.09. The van der Waals surface area contributed by atoms with Crippen molar-refractivity contribution < 1.29 is 0 Å². The average Bonchev–Trinajstić information content (AvgIpc) is 3.00. The highest BCUT2D eigenvalue weighted by molar-refractivity contribution is 5.76. The molecule has 3 aromatic rings. The van der Waals surface area contributed by atoms with Crippen molar-refractivity contribution in [1.29, 1.82) is 0 Å². The van der Waals surface area contributed by atoms with Gasteiger partial charge in [-0.2, -0.15) is 4.98 Å². The van der Waals surface area contributed by atoms with Gasteiger partial charge in [0.2, 0.25) is 5.95 Å². The van der Waals surface area contributed by atoms with Gasteiger partial charge >= 0.3 is 5.69 Å². The van der Waals surface area contributed by atoms with E-state index in [1.54, 1.807) is 7.05 Å². The van der Waals surface area contributed by atoms with Crippen molar-refractivity contribution in [3.8, 4) is 0 Å². The van der Waals surface area contributed by atoms with Crippen molar-refractivity contribution in [2.75, 3.05) is 11.4 Å². The molecule has 7 nitrogen and oxygen atoms in total. The fourth-order valence-electron chi connectivity index (χ4n) is 4.09. The lowest BCUT2D eigenvalue weighted by Crippen LogP contribution is -2.39. The minimum Gasteiger partial charge on any atom is -0.312 e. The molecule has 0 atom stereocenters. The number of hydrogen-bond acceptors (Lipinski definition) is 4. The van der Waals surface area contributed by atoms with Crippen LogP contribution in [-0.2, 0) is 26.6 Å². The van der Waals surface area contributed by atoms with Gasteiger partial charge in [-0.3, -0.25) is 13.9 Å². The van der Waals surface area contributed by atoms with Crippen LogP contribution in [0.4, 0.5) is 11.6 Å². The second-order valence-corrected chi connectivity index (χ2v) is 7.77. The summed E-state index contributed by atoms with van der Waals surface area (Å²) in [6.07, 6.45) is 4.73. The van der Waals surface area contributed by atoms with E-state index >= 15 is 0 Å². The minimum atomic E-state index is -0.289. The first-order valence-corrected chi connectivity index (χ1v) is 10.6. The molecule has 1 aromatic carbocycles. The Morgan fingerprint density at radius 2 is 1.76 bits per heavy atom. The molecule has 0 radical (unpaired) electrons. The van der Waals surface area contributed by atoms with Gasteiger partial charge in [0.05, 0.1) is 0 Å². The molecule has 0 fully saturated rings. The average molecular weight is 396 g/mol. The Labute approximate surface area is 170 Å². The monoisotopic (exact) mass is 395 g/mol. The molecule has 0 spiro atoms. The van der Waals surface area contributed by atoms with Gasteiger partial charge in [0.1, 0.15) is 0 Å². The number of nitrogens with zero attached hydrogens (tertiary/aromatic N) is 5. The van der Waals surface area contributed by atoms with Crippen molar-refractivity contribution in [2.24, 2.45) is 7.05 Å². The van der Waals surface area contributed by atoms with Gasteiger partial charge in [0.15, 0.2) is 11.2 Å². The minimum absolute atomic E-state index is 0.224. The summed E-state index contributed by atoms with van der Waals surface area (Å²) in [6.45, 7) is 6.22. The zero-order valence-electron chi connectivity index (χ0n) is 17.5. The van der Waals surface area contributed by atoms with Crippen LogP contribution in [0, 0.1) is 0 Å². The van der Waals surface area contributed by atoms with Gasteiger partial charge in [-0.05, 0) is 43.4 Å². The lowest BCUT2D eigenvalue weighted by atomic mass is 10.1. The van der Waals surface area contributed by atoms with E-state index in [9.17, 15) is 9.59 Å². The molecule has 0 unspecified atom stereocenters. The van der Waals surface area contributed by atoms with Crippen LogP contribution < -0.4 is 16.1 Å². The van der Waals surface area contributed by atoms with Gasteiger partial charge in [-0.1, -0.05) is 32.4 Å². The van der Waals surface area contributed by atoms with Gasteiger partial charge in [0.25, 0.3) is 5.56 Å². The van der Waals surface area contributed by atoms with Crippen LogP contribution in [-0.4, -0.2) is 25.2 Å². The molecule has 4 rings (SSSR count). The molecular weight excluding hydrogens is 366 g/mol. The second-order valence-electron chi connectivity index (χ2n) is 7.77. The number of aryl methyl sites for hydroxylation is 3. The number of aromatic nitrogens is 4. The SMILES string of the molecule is CCCCn1c(=O)c2c(nc3n2CCCCN3c2ccc(CC)cc2)n(C)c1=O. The highest BCUT2D eigenvalue weighted by Gasteiger charge is 2.25. The maximum atomic E-state index is 13.2. The maximum Gasteiger partial charge on any atom is 0.332 e. The zero-order valence-corrected chi connectivity index (χ0v) is 17.5. The number of hydrogen-bond donors (Lipinski definition) is 0. The van der Waals surface area contributed by atoms with Crippen LogP contribution in [0.15, 0.2) is 33.9 Å². The topological polar surface area (TPSA) is 65.1 Å². The van der Waals surface area contributed by atoms with E-state index in [2.05, 4.69) is 43.0 Å². The highest BCUT2D eigenvalue weighted by atomic mass is 16.2. The molecule has 0 amide bonds. The quantitative estimate of drug-likeness (QED) is 0.666. The van der Waals surface area contributed by atoms with Gasteiger partial charge < -0.3 is 9.47 Å². The molecule has 0 bridgehead atoms. The molecule has 154 valence electrons. The van der Waals surface area contributed by atoms with Gasteiger partial charge in [-0.25, -0.2) is 4.79 Å². The predicted octanol–water partition coefficient (Wildman–Crippen LogP) is 3.19. The summed E-state index contributed by atoms with van der Waals surface area (Å²) < 4.78 is 4.90. The van der Waals surface area contributed by atoms with Crippen LogP contribution in [0.5, 0.6) is 0 Å². The summed E-state index contributed by atoms with van der Waals surface area (Å²) in [5.74, 6) is 0.752. The first kappa shape index (κ1) is 19.5. The molecule has 0 saturated carbocycles. The Morgan fingerprint density at radius 3 is 2.45 bits per heavy atom. The molecule has 1 aliphatic heterocycles. The third kappa shape index (κ3) is 3.28. The Bertz CT molecular complexity index is 1140. The first-order valence-electron chi connectivity index (χ1n) is 10.6. The molecule has 7 heteroatoms. The highest BCUT2D eigenvalue weighted by Crippen LogP contribution is 2.30. The van der Waals surface area contributed by atoms with Crippen LogP contribution in [0.25, 0.3) is 11.2 Å². The van der Waals surface area contributed by atoms with Gasteiger partial charge in [0, 0.05) is 32.4 Å². The van der Waals surface area contributed by atoms with E-state index < -0.39 is 0 Å². The molecular formula is C22H29N5O2. The number of anilines is 2. The fraction of sp³-hybridized carbons (Fsp3) is 0.500. The lowest BCUT2D eigenvalue weighted by Gasteiger charge is -2.22. The number of unbranched alkanes of at least 4 members (excludes halogenated alkanes) is 1. The van der Waals surface area contributed by atoms with E-state index in [1.165, 1.54) is 14.7 Å². The van der Waals surface area contributed by atoms with Crippen LogP contribution in [0.1, 0.15) is 45.1 Å². The number of benzene rings is 1. The number of rotatable bonds is 5. The Morgan fingerprint density at radius 1 is 1.03 bits per heavy atom. The Kier molecular flexibility index (Phi) is 5.30. The number of imidazole rings is 1. The molecule has 0 aliphatic carbocycles. The van der Waals surface area contributed by atoms with Crippen molar-refractivity contribution >= 4 is 22.8 Å². The third-order valence-corrected chi connectivity index (χ3v) is 5.86. The molecule has 0 saturated heterocycles. The molecule has 29 heavy (non-hydrogen) atoms. The summed E-state index contributed by atoms with van der Waals surface area (Å²) in [5.41, 5.74) is 2.85. The zero-order chi connectivity index (χ0) is 20.5. The Hall–Kier alpha value is -2.83. The molecule has 0 N–H and O–H groups in total. The predicted molar refractivity (Wildman–Crippen MR) is 116 cm³/mol. The van der Waals surface area contributed by atoms with E-state index in [4.69, 9.17) is 4.98 Å². The number of fused-ring (bicyclic) bond motifs is 3. The second kappa shape index (κ2) is 7.89. The van der Waals surface area contributed by atoms with E-state index in [1.807, 2.05) is 4.57 Å². The largest absolute Gasteiger partial charge is 0.332 e. The lowest BCUT2D eigenvalue weighted by molar-refractivity contribution is 0.563. The maximum absolute atomic E-state index is 13.2. The van der Waals surface area contributed by atoms with Crippen molar-refractivity contribution in [3.63, 3.8) is 0 Å². The smallest absolute Gasteiger partial charge is 0.312 e. The van der Waals surface area contributed by atoms with E-state index in [0.717, 1.165) is 56.8 Å². The van der Waals surface area contributed by atoms with E-state index in [-0.39, 0.29) is 11.2 Å². The summed E-state index contributed by atoms with van der Waals surface area (Å²) in [5, 5.41) is 0. The van der Waals surface area contributed by atoms with Crippen LogP contribution in [0.2, 0.25) is 0 Å². The summed E-state index contributed by atoms with van der Waals surface area (Å²) in [6, 6.07) is 8.51. The third-order valence-electron chi connectivity index (χ3n) is 5.86. The standard InChI is InChI=1S/C22H29N5O2/c1-4-6-13-27-20(28)18-19(24(3)22(27)29)23-21-25(14-7-8-15-26(18)21)17-11-9-16(5-2)10-12-17/h9-12H,4-8,13-15H2,1-3H3. The van der Waals surface area contributed by atoms with Gasteiger partial charge in [-0.15, -0.1) is 0 Å². The molecule has 3 heterocycles. The summed E-state index contributed by atoms with van der Waals surface area (Å²) in [4.78, 5) is 33.0. The molecule has 1 aliphatic rings. The van der Waals surface area contributed by atoms with Crippen molar-refractivity contribution in [3.05, 3.63) is 50.7 Å². The normalized spacial score (nSPS) is 14.2. The first-order chi connectivity index (χ1) is 14.1. The van der Waals surface area contributed by atoms with Crippen molar-refractivity contribution in [1.82, 2.24) is 18.7 Å². The van der Waals surface area contributed by atoms with Crippen LogP contribution >= 0.6 is 0 Å². The molecule has 2 aromatic heterocycles. The van der Waals surface area contributed by atoms with Crippen LogP contribution in [0.3, 0.4) is 0 Å². The van der Waals surface area contributed by atoms with Crippen molar-refractivity contribution in [2.45, 2.75) is 59.0 Å². The summed E-state index contributed by atoms with van der Waals surface area (Å²) >= 11 is 0. The summed E-state index contributed by atoms with van der Waals surface area (Å²) in [7, 11) is 1.71.